The molecule has 1 aliphatic heterocycles. The number of carbonyl (C=O) groups excluding carboxylic acids is 2. The summed E-state index contributed by atoms with van der Waals surface area (Å²) in [6, 6.07) is 7.44. The number of benzene rings is 1. The molecule has 1 N–H and O–H groups in total. The largest absolute Gasteiger partial charge is 0.344 e. The third kappa shape index (κ3) is 3.15. The van der Waals surface area contributed by atoms with E-state index in [4.69, 9.17) is 0 Å². The van der Waals surface area contributed by atoms with Crippen molar-refractivity contribution >= 4 is 29.3 Å². The Morgan fingerprint density at radius 2 is 1.90 bits per heavy atom. The first-order valence-electron chi connectivity index (χ1n) is 6.77. The Morgan fingerprint density at radius 3 is 2.45 bits per heavy atom. The van der Waals surface area contributed by atoms with E-state index in [1.54, 1.807) is 16.7 Å². The molecule has 4 nitrogen and oxygen atoms in total. The first-order valence-corrected chi connectivity index (χ1v) is 8.00. The number of hydrogen-bond donors (Lipinski definition) is 1. The van der Waals surface area contributed by atoms with E-state index in [0.717, 1.165) is 10.6 Å². The molecule has 0 spiro atoms. The van der Waals surface area contributed by atoms with Crippen molar-refractivity contribution in [3.63, 3.8) is 0 Å². The highest BCUT2D eigenvalue weighted by molar-refractivity contribution is 7.98. The van der Waals surface area contributed by atoms with Crippen LogP contribution in [0.2, 0.25) is 0 Å². The zero-order chi connectivity index (χ0) is 14.7. The summed E-state index contributed by atoms with van der Waals surface area (Å²) < 4.78 is 0. The monoisotopic (exact) mass is 292 g/mol. The van der Waals surface area contributed by atoms with Crippen LogP contribution in [0.3, 0.4) is 0 Å². The van der Waals surface area contributed by atoms with Crippen LogP contribution in [-0.4, -0.2) is 30.7 Å². The molecule has 1 saturated heterocycles. The van der Waals surface area contributed by atoms with Crippen LogP contribution < -0.4 is 10.2 Å². The molecule has 5 heteroatoms. The SMILES string of the molecule is CSc1ccc(N2CCC(=O)NC(C(C)C)C2=O)cc1. The maximum Gasteiger partial charge on any atom is 0.249 e. The molecule has 1 atom stereocenters. The molecule has 2 rings (SSSR count). The summed E-state index contributed by atoms with van der Waals surface area (Å²) in [5.41, 5.74) is 0.856. The summed E-state index contributed by atoms with van der Waals surface area (Å²) in [5.74, 6) is 0.000515. The maximum atomic E-state index is 12.6. The van der Waals surface area contributed by atoms with Crippen molar-refractivity contribution in [1.82, 2.24) is 5.32 Å². The molecular formula is C15H20N2O2S. The van der Waals surface area contributed by atoms with E-state index in [1.165, 1.54) is 0 Å². The fourth-order valence-electron chi connectivity index (χ4n) is 2.27. The molecular weight excluding hydrogens is 272 g/mol. The molecule has 1 aliphatic rings. The van der Waals surface area contributed by atoms with Gasteiger partial charge in [0.25, 0.3) is 0 Å². The number of nitrogens with one attached hydrogen (secondary N) is 1. The van der Waals surface area contributed by atoms with E-state index >= 15 is 0 Å². The molecule has 2 amide bonds. The smallest absolute Gasteiger partial charge is 0.249 e. The van der Waals surface area contributed by atoms with Gasteiger partial charge in [0.2, 0.25) is 11.8 Å². The molecule has 0 aliphatic carbocycles. The molecule has 0 saturated carbocycles. The Labute approximate surface area is 123 Å². The molecule has 1 heterocycles. The zero-order valence-electron chi connectivity index (χ0n) is 12.1. The van der Waals surface area contributed by atoms with Crippen molar-refractivity contribution < 1.29 is 9.59 Å². The number of amides is 2. The second-order valence-electron chi connectivity index (χ2n) is 5.23. The third-order valence-electron chi connectivity index (χ3n) is 3.46. The van der Waals surface area contributed by atoms with E-state index < -0.39 is 6.04 Å². The van der Waals surface area contributed by atoms with Crippen LogP contribution in [0, 0.1) is 5.92 Å². The third-order valence-corrected chi connectivity index (χ3v) is 4.21. The van der Waals surface area contributed by atoms with E-state index in [0.29, 0.717) is 13.0 Å². The van der Waals surface area contributed by atoms with E-state index in [9.17, 15) is 9.59 Å². The number of carbonyl (C=O) groups is 2. The number of rotatable bonds is 3. The summed E-state index contributed by atoms with van der Waals surface area (Å²) in [6.07, 6.45) is 2.36. The number of nitrogens with zero attached hydrogens (tertiary/aromatic N) is 1. The molecule has 0 bridgehead atoms. The molecule has 1 aromatic rings. The first kappa shape index (κ1) is 14.9. The van der Waals surface area contributed by atoms with Crippen LogP contribution in [0.4, 0.5) is 5.69 Å². The van der Waals surface area contributed by atoms with Crippen LogP contribution in [-0.2, 0) is 9.59 Å². The highest BCUT2D eigenvalue weighted by Gasteiger charge is 2.32. The van der Waals surface area contributed by atoms with Gasteiger partial charge in [-0.05, 0) is 36.4 Å². The summed E-state index contributed by atoms with van der Waals surface area (Å²) in [6.45, 7) is 4.33. The topological polar surface area (TPSA) is 49.4 Å². The van der Waals surface area contributed by atoms with Crippen LogP contribution >= 0.6 is 11.8 Å². The van der Waals surface area contributed by atoms with Gasteiger partial charge < -0.3 is 10.2 Å². The normalized spacial score (nSPS) is 20.0. The lowest BCUT2D eigenvalue weighted by molar-refractivity contribution is -0.126. The summed E-state index contributed by atoms with van der Waals surface area (Å²) in [5, 5.41) is 2.82. The van der Waals surface area contributed by atoms with Gasteiger partial charge in [0.05, 0.1) is 0 Å². The molecule has 0 aromatic heterocycles. The lowest BCUT2D eigenvalue weighted by Gasteiger charge is -2.26. The van der Waals surface area contributed by atoms with Crippen LogP contribution in [0.15, 0.2) is 29.2 Å². The standard InChI is InChI=1S/C15H20N2O2S/c1-10(2)14-15(19)17(9-8-13(18)16-14)11-4-6-12(20-3)7-5-11/h4-7,10,14H,8-9H2,1-3H3,(H,16,18). The quantitative estimate of drug-likeness (QED) is 0.870. The van der Waals surface area contributed by atoms with Gasteiger partial charge in [0.15, 0.2) is 0 Å². The number of thioether (sulfide) groups is 1. The summed E-state index contributed by atoms with van der Waals surface area (Å²) in [7, 11) is 0. The molecule has 1 unspecified atom stereocenters. The van der Waals surface area contributed by atoms with Crippen molar-refractivity contribution in [2.45, 2.75) is 31.2 Å². The lowest BCUT2D eigenvalue weighted by atomic mass is 10.0. The Bertz CT molecular complexity index is 499. The Hall–Kier alpha value is -1.49. The Kier molecular flexibility index (Phi) is 4.70. The average Bonchev–Trinajstić information content (AvgIpc) is 2.59. The number of hydrogen-bond acceptors (Lipinski definition) is 3. The minimum Gasteiger partial charge on any atom is -0.344 e. The van der Waals surface area contributed by atoms with Gasteiger partial charge in [-0.25, -0.2) is 0 Å². The molecule has 1 fully saturated rings. The minimum absolute atomic E-state index is 0.0252. The van der Waals surface area contributed by atoms with Gasteiger partial charge in [-0.2, -0.15) is 0 Å². The van der Waals surface area contributed by atoms with Gasteiger partial charge in [0.1, 0.15) is 6.04 Å². The predicted octanol–water partition coefficient (Wildman–Crippen LogP) is 2.29. The summed E-state index contributed by atoms with van der Waals surface area (Å²) >= 11 is 1.66. The lowest BCUT2D eigenvalue weighted by Crippen LogP contribution is -2.47. The van der Waals surface area contributed by atoms with Gasteiger partial charge in [-0.1, -0.05) is 13.8 Å². The summed E-state index contributed by atoms with van der Waals surface area (Å²) in [4.78, 5) is 27.2. The maximum absolute atomic E-state index is 12.6. The van der Waals surface area contributed by atoms with E-state index in [-0.39, 0.29) is 17.7 Å². The van der Waals surface area contributed by atoms with Gasteiger partial charge in [-0.3, -0.25) is 9.59 Å². The van der Waals surface area contributed by atoms with Gasteiger partial charge in [-0.15, -0.1) is 11.8 Å². The van der Waals surface area contributed by atoms with Crippen molar-refractivity contribution in [2.75, 3.05) is 17.7 Å². The van der Waals surface area contributed by atoms with Gasteiger partial charge >= 0.3 is 0 Å². The van der Waals surface area contributed by atoms with E-state index in [2.05, 4.69) is 5.32 Å². The molecule has 1 aromatic carbocycles. The van der Waals surface area contributed by atoms with Crippen LogP contribution in [0.5, 0.6) is 0 Å². The minimum atomic E-state index is -0.440. The molecule has 20 heavy (non-hydrogen) atoms. The fourth-order valence-corrected chi connectivity index (χ4v) is 2.68. The fraction of sp³-hybridized carbons (Fsp3) is 0.467. The van der Waals surface area contributed by atoms with Crippen molar-refractivity contribution in [2.24, 2.45) is 5.92 Å². The predicted molar refractivity (Wildman–Crippen MR) is 82.0 cm³/mol. The zero-order valence-corrected chi connectivity index (χ0v) is 12.9. The highest BCUT2D eigenvalue weighted by Crippen LogP contribution is 2.23. The van der Waals surface area contributed by atoms with Crippen molar-refractivity contribution in [3.8, 4) is 0 Å². The Morgan fingerprint density at radius 1 is 1.25 bits per heavy atom. The first-order chi connectivity index (χ1) is 9.52. The van der Waals surface area contributed by atoms with E-state index in [1.807, 2.05) is 44.4 Å². The van der Waals surface area contributed by atoms with Crippen LogP contribution in [0.1, 0.15) is 20.3 Å². The second-order valence-corrected chi connectivity index (χ2v) is 6.11. The van der Waals surface area contributed by atoms with Gasteiger partial charge in [0, 0.05) is 23.5 Å². The number of anilines is 1. The van der Waals surface area contributed by atoms with Crippen molar-refractivity contribution in [3.05, 3.63) is 24.3 Å². The highest BCUT2D eigenvalue weighted by atomic mass is 32.2. The second kappa shape index (κ2) is 6.31. The molecule has 0 radical (unpaired) electrons. The Balaban J connectivity index is 2.28. The average molecular weight is 292 g/mol. The molecule has 108 valence electrons. The van der Waals surface area contributed by atoms with Crippen molar-refractivity contribution in [1.29, 1.82) is 0 Å². The van der Waals surface area contributed by atoms with Crippen LogP contribution in [0.25, 0.3) is 0 Å².